The Kier molecular flexibility index (Phi) is 4.27. The number of nitrogens with zero attached hydrogens (tertiary/aromatic N) is 3. The van der Waals surface area contributed by atoms with Gasteiger partial charge >= 0.3 is 6.18 Å². The van der Waals surface area contributed by atoms with Crippen molar-refractivity contribution in [3.63, 3.8) is 0 Å². The molecule has 0 bridgehead atoms. The van der Waals surface area contributed by atoms with Gasteiger partial charge in [-0.2, -0.15) is 13.2 Å². The van der Waals surface area contributed by atoms with Crippen molar-refractivity contribution >= 4 is 21.6 Å². The van der Waals surface area contributed by atoms with Gasteiger partial charge in [-0.1, -0.05) is 12.1 Å². The molecule has 4 aromatic rings. The van der Waals surface area contributed by atoms with Crippen LogP contribution in [0.25, 0.3) is 21.5 Å². The number of alkyl halides is 3. The van der Waals surface area contributed by atoms with E-state index >= 15 is 0 Å². The molecule has 2 aromatic carbocycles. The van der Waals surface area contributed by atoms with Crippen LogP contribution in [0.2, 0.25) is 0 Å². The normalized spacial score (nSPS) is 11.7. The molecule has 136 valence electrons. The highest BCUT2D eigenvalue weighted by molar-refractivity contribution is 7.18. The zero-order valence-electron chi connectivity index (χ0n) is 14.0. The van der Waals surface area contributed by atoms with E-state index in [2.05, 4.69) is 15.0 Å². The second-order valence-electron chi connectivity index (χ2n) is 5.78. The second-order valence-corrected chi connectivity index (χ2v) is 7.02. The van der Waals surface area contributed by atoms with Gasteiger partial charge in [0.05, 0.1) is 26.5 Å². The molecule has 4 nitrogen and oxygen atoms in total. The van der Waals surface area contributed by atoms with E-state index < -0.39 is 11.7 Å². The minimum absolute atomic E-state index is 0.297. The van der Waals surface area contributed by atoms with Crippen LogP contribution in [-0.4, -0.2) is 15.0 Å². The van der Waals surface area contributed by atoms with E-state index in [0.717, 1.165) is 27.4 Å². The number of halogens is 3. The molecule has 0 saturated carbocycles. The van der Waals surface area contributed by atoms with E-state index in [-0.39, 0.29) is 0 Å². The predicted octanol–water partition coefficient (Wildman–Crippen LogP) is 5.87. The zero-order chi connectivity index (χ0) is 19.0. The van der Waals surface area contributed by atoms with Gasteiger partial charge in [0, 0.05) is 17.7 Å². The maximum atomic E-state index is 12.7. The predicted molar refractivity (Wildman–Crippen MR) is 96.9 cm³/mol. The van der Waals surface area contributed by atoms with Gasteiger partial charge in [-0.25, -0.2) is 15.0 Å². The van der Waals surface area contributed by atoms with Crippen molar-refractivity contribution in [1.29, 1.82) is 0 Å². The molecule has 0 saturated heterocycles. The molecule has 0 unspecified atom stereocenters. The summed E-state index contributed by atoms with van der Waals surface area (Å²) in [6.07, 6.45) is -3.06. The number of hydrogen-bond donors (Lipinski definition) is 0. The summed E-state index contributed by atoms with van der Waals surface area (Å²) < 4.78 is 44.9. The van der Waals surface area contributed by atoms with E-state index in [1.54, 1.807) is 17.4 Å². The second kappa shape index (κ2) is 6.62. The number of rotatable bonds is 3. The maximum absolute atomic E-state index is 12.7. The van der Waals surface area contributed by atoms with Gasteiger partial charge in [-0.15, -0.1) is 11.3 Å². The Morgan fingerprint density at radius 1 is 0.963 bits per heavy atom. The van der Waals surface area contributed by atoms with Gasteiger partial charge in [-0.05, 0) is 31.2 Å². The molecule has 0 fully saturated rings. The monoisotopic (exact) mass is 387 g/mol. The van der Waals surface area contributed by atoms with Gasteiger partial charge in [-0.3, -0.25) is 0 Å². The molecule has 4 rings (SSSR count). The highest BCUT2D eigenvalue weighted by Gasteiger charge is 2.30. The van der Waals surface area contributed by atoms with Crippen molar-refractivity contribution < 1.29 is 17.9 Å². The Hall–Kier alpha value is -3.00. The summed E-state index contributed by atoms with van der Waals surface area (Å²) in [7, 11) is 0. The lowest BCUT2D eigenvalue weighted by Crippen LogP contribution is -2.04. The third kappa shape index (κ3) is 3.75. The van der Waals surface area contributed by atoms with Crippen LogP contribution in [0.4, 0.5) is 13.2 Å². The molecule has 27 heavy (non-hydrogen) atoms. The van der Waals surface area contributed by atoms with Crippen LogP contribution in [-0.2, 0) is 6.18 Å². The van der Waals surface area contributed by atoms with Gasteiger partial charge < -0.3 is 4.74 Å². The van der Waals surface area contributed by atoms with Gasteiger partial charge in [0.25, 0.3) is 0 Å². The zero-order valence-corrected chi connectivity index (χ0v) is 14.8. The van der Waals surface area contributed by atoms with Crippen molar-refractivity contribution in [2.75, 3.05) is 0 Å². The minimum atomic E-state index is -4.37. The fourth-order valence-corrected chi connectivity index (χ4v) is 3.40. The van der Waals surface area contributed by atoms with Crippen LogP contribution >= 0.6 is 11.3 Å². The molecule has 0 N–H and O–H groups in total. The molecule has 0 spiro atoms. The van der Waals surface area contributed by atoms with Crippen LogP contribution in [0.5, 0.6) is 11.6 Å². The number of ether oxygens (including phenoxy) is 1. The Bertz CT molecular complexity index is 1110. The molecule has 0 aliphatic heterocycles. The Balaban J connectivity index is 1.59. The molecular weight excluding hydrogens is 375 g/mol. The van der Waals surface area contributed by atoms with Crippen molar-refractivity contribution in [2.45, 2.75) is 13.1 Å². The number of hydrogen-bond acceptors (Lipinski definition) is 5. The first-order chi connectivity index (χ1) is 12.9. The fraction of sp³-hybridized carbons (Fsp3) is 0.105. The lowest BCUT2D eigenvalue weighted by atomic mass is 10.1. The quantitative estimate of drug-likeness (QED) is 0.441. The van der Waals surface area contributed by atoms with E-state index in [1.165, 1.54) is 18.5 Å². The van der Waals surface area contributed by atoms with E-state index in [0.29, 0.717) is 22.9 Å². The molecule has 0 atom stereocenters. The fourth-order valence-electron chi connectivity index (χ4n) is 2.59. The Morgan fingerprint density at radius 2 is 1.74 bits per heavy atom. The van der Waals surface area contributed by atoms with Gasteiger partial charge in [0.1, 0.15) is 12.1 Å². The molecule has 2 aromatic heterocycles. The molecule has 0 aliphatic rings. The summed E-state index contributed by atoms with van der Waals surface area (Å²) in [6.45, 7) is 1.94. The first-order valence-corrected chi connectivity index (χ1v) is 8.75. The molecule has 0 radical (unpaired) electrons. The van der Waals surface area contributed by atoms with Gasteiger partial charge in [0.15, 0.2) is 0 Å². The summed E-state index contributed by atoms with van der Waals surface area (Å²) in [5.41, 5.74) is 1.15. The van der Waals surface area contributed by atoms with E-state index in [4.69, 9.17) is 4.74 Å². The van der Waals surface area contributed by atoms with Crippen LogP contribution in [0.3, 0.4) is 0 Å². The molecule has 8 heteroatoms. The van der Waals surface area contributed by atoms with E-state index in [9.17, 15) is 13.2 Å². The summed E-state index contributed by atoms with van der Waals surface area (Å²) in [6, 6.07) is 11.9. The first kappa shape index (κ1) is 17.4. The minimum Gasteiger partial charge on any atom is -0.439 e. The third-order valence-corrected chi connectivity index (χ3v) is 4.79. The lowest BCUT2D eigenvalue weighted by Gasteiger charge is -2.08. The topological polar surface area (TPSA) is 47.9 Å². The average molecular weight is 387 g/mol. The molecule has 2 heterocycles. The maximum Gasteiger partial charge on any atom is 0.416 e. The Labute approximate surface area is 156 Å². The Morgan fingerprint density at radius 3 is 2.48 bits per heavy atom. The lowest BCUT2D eigenvalue weighted by molar-refractivity contribution is -0.137. The summed E-state index contributed by atoms with van der Waals surface area (Å²) >= 11 is 1.60. The highest BCUT2D eigenvalue weighted by Crippen LogP contribution is 2.32. The summed E-state index contributed by atoms with van der Waals surface area (Å²) in [4.78, 5) is 12.6. The largest absolute Gasteiger partial charge is 0.439 e. The number of fused-ring (bicyclic) bond motifs is 1. The molecular formula is C19H12F3N3OS. The van der Waals surface area contributed by atoms with Crippen LogP contribution in [0, 0.1) is 6.92 Å². The highest BCUT2D eigenvalue weighted by atomic mass is 32.1. The number of thiazole rings is 1. The smallest absolute Gasteiger partial charge is 0.416 e. The molecule has 0 aliphatic carbocycles. The number of aryl methyl sites for hydroxylation is 1. The van der Waals surface area contributed by atoms with Crippen LogP contribution in [0.1, 0.15) is 10.6 Å². The van der Waals surface area contributed by atoms with Crippen molar-refractivity contribution in [3.8, 4) is 22.9 Å². The average Bonchev–Trinajstić information content (AvgIpc) is 3.01. The van der Waals surface area contributed by atoms with Crippen molar-refractivity contribution in [2.24, 2.45) is 0 Å². The summed E-state index contributed by atoms with van der Waals surface area (Å²) in [5, 5.41) is 0.966. The van der Waals surface area contributed by atoms with E-state index in [1.807, 2.05) is 25.1 Å². The van der Waals surface area contributed by atoms with Crippen molar-refractivity contribution in [1.82, 2.24) is 15.0 Å². The molecule has 0 amide bonds. The standard InChI is InChI=1S/C19H12F3N3OS/c1-11-25-16-8-14(6-7-17(16)27-11)26-18-9-15(23-10-24-18)12-2-4-13(5-3-12)19(20,21)22/h2-10H,1H3. The van der Waals surface area contributed by atoms with Crippen molar-refractivity contribution in [3.05, 3.63) is 65.4 Å². The SMILES string of the molecule is Cc1nc2cc(Oc3cc(-c4ccc(C(F)(F)F)cc4)ncn3)ccc2s1. The number of aromatic nitrogens is 3. The van der Waals surface area contributed by atoms with Crippen LogP contribution < -0.4 is 4.74 Å². The third-order valence-electron chi connectivity index (χ3n) is 3.84. The van der Waals surface area contributed by atoms with Crippen LogP contribution in [0.15, 0.2) is 54.9 Å². The summed E-state index contributed by atoms with van der Waals surface area (Å²) in [5.74, 6) is 0.871. The first-order valence-electron chi connectivity index (χ1n) is 7.93. The van der Waals surface area contributed by atoms with Gasteiger partial charge in [0.2, 0.25) is 5.88 Å². The number of benzene rings is 2.